The maximum absolute atomic E-state index is 13.2. The molecule has 3 aromatic carbocycles. The van der Waals surface area contributed by atoms with Crippen molar-refractivity contribution in [1.29, 1.82) is 0 Å². The number of fused-ring (bicyclic) bond motifs is 1. The fraction of sp³-hybridized carbons (Fsp3) is 0.0870. The van der Waals surface area contributed by atoms with E-state index in [1.165, 1.54) is 6.20 Å². The molecule has 8 heteroatoms. The van der Waals surface area contributed by atoms with Gasteiger partial charge >= 0.3 is 0 Å². The van der Waals surface area contributed by atoms with Crippen LogP contribution in [-0.4, -0.2) is 18.9 Å². The number of carbonyl (C=O) groups is 1. The average Bonchev–Trinajstić information content (AvgIpc) is 3.09. The lowest BCUT2D eigenvalue weighted by Crippen LogP contribution is -2.18. The molecule has 158 valence electrons. The van der Waals surface area contributed by atoms with E-state index in [0.29, 0.717) is 32.2 Å². The molecule has 1 aromatic heterocycles. The number of carbonyl (C=O) groups excluding carboxylic acids is 1. The Morgan fingerprint density at radius 2 is 1.65 bits per heavy atom. The van der Waals surface area contributed by atoms with Crippen LogP contribution in [0.1, 0.15) is 5.56 Å². The van der Waals surface area contributed by atoms with Gasteiger partial charge in [-0.15, -0.1) is 0 Å². The Kier molecular flexibility index (Phi) is 6.05. The third kappa shape index (κ3) is 4.93. The van der Waals surface area contributed by atoms with Crippen molar-refractivity contribution >= 4 is 55.5 Å². The molecular weight excluding hydrogens is 455 g/mol. The SMILES string of the molecule is O=C(Cn1cc(S(=O)(=O)Cc2ccc(Cl)cc2)c2ccccc21)Nc1cccc(Cl)c1. The smallest absolute Gasteiger partial charge is 0.244 e. The Balaban J connectivity index is 1.64. The molecular formula is C23H18Cl2N2O3S. The second-order valence-corrected chi connectivity index (χ2v) is 9.91. The molecule has 0 radical (unpaired) electrons. The lowest BCUT2D eigenvalue weighted by atomic mass is 10.2. The molecule has 0 unspecified atom stereocenters. The number of para-hydroxylation sites is 1. The largest absolute Gasteiger partial charge is 0.337 e. The maximum Gasteiger partial charge on any atom is 0.244 e. The van der Waals surface area contributed by atoms with E-state index in [2.05, 4.69) is 5.32 Å². The number of sulfone groups is 1. The number of nitrogens with zero attached hydrogens (tertiary/aromatic N) is 1. The first kappa shape index (κ1) is 21.4. The number of nitrogens with one attached hydrogen (secondary N) is 1. The van der Waals surface area contributed by atoms with Gasteiger partial charge in [0, 0.05) is 32.8 Å². The van der Waals surface area contributed by atoms with Gasteiger partial charge in [0.2, 0.25) is 5.91 Å². The Bertz CT molecular complexity index is 1360. The van der Waals surface area contributed by atoms with Gasteiger partial charge in [-0.25, -0.2) is 8.42 Å². The van der Waals surface area contributed by atoms with Gasteiger partial charge < -0.3 is 9.88 Å². The third-order valence-electron chi connectivity index (χ3n) is 4.78. The van der Waals surface area contributed by atoms with Crippen LogP contribution in [0.3, 0.4) is 0 Å². The van der Waals surface area contributed by atoms with Crippen molar-refractivity contribution in [2.45, 2.75) is 17.2 Å². The first-order valence-corrected chi connectivity index (χ1v) is 11.8. The van der Waals surface area contributed by atoms with Gasteiger partial charge in [-0.3, -0.25) is 4.79 Å². The number of rotatable bonds is 6. The van der Waals surface area contributed by atoms with Crippen LogP contribution in [0.25, 0.3) is 10.9 Å². The summed E-state index contributed by atoms with van der Waals surface area (Å²) >= 11 is 11.9. The minimum absolute atomic E-state index is 0.0382. The summed E-state index contributed by atoms with van der Waals surface area (Å²) in [6, 6.07) is 20.7. The van der Waals surface area contributed by atoms with Crippen molar-refractivity contribution in [2.24, 2.45) is 0 Å². The fourth-order valence-corrected chi connectivity index (χ4v) is 5.29. The van der Waals surface area contributed by atoms with Gasteiger partial charge in [0.05, 0.1) is 10.6 Å². The summed E-state index contributed by atoms with van der Waals surface area (Å²) < 4.78 is 28.0. The summed E-state index contributed by atoms with van der Waals surface area (Å²) in [5.74, 6) is -0.447. The minimum Gasteiger partial charge on any atom is -0.337 e. The molecule has 5 nitrogen and oxygen atoms in total. The van der Waals surface area contributed by atoms with Gasteiger partial charge in [-0.2, -0.15) is 0 Å². The first-order valence-electron chi connectivity index (χ1n) is 9.42. The van der Waals surface area contributed by atoms with E-state index in [0.717, 1.165) is 0 Å². The summed E-state index contributed by atoms with van der Waals surface area (Å²) in [6.45, 7) is -0.0382. The zero-order valence-corrected chi connectivity index (χ0v) is 18.6. The van der Waals surface area contributed by atoms with Crippen LogP contribution in [0, 0.1) is 0 Å². The molecule has 1 heterocycles. The maximum atomic E-state index is 13.2. The number of hydrogen-bond acceptors (Lipinski definition) is 3. The number of anilines is 1. The fourth-order valence-electron chi connectivity index (χ4n) is 3.39. The molecule has 0 aliphatic carbocycles. The van der Waals surface area contributed by atoms with Gasteiger partial charge in [-0.05, 0) is 42.0 Å². The monoisotopic (exact) mass is 472 g/mol. The van der Waals surface area contributed by atoms with Crippen molar-refractivity contribution in [3.63, 3.8) is 0 Å². The van der Waals surface area contributed by atoms with Crippen LogP contribution in [0.2, 0.25) is 10.0 Å². The molecule has 0 aliphatic rings. The summed E-state index contributed by atoms with van der Waals surface area (Å²) in [7, 11) is -3.65. The standard InChI is InChI=1S/C23H18Cl2N2O3S/c24-17-10-8-16(9-11-17)15-31(29,30)22-13-27(21-7-2-1-6-20(21)22)14-23(28)26-19-5-3-4-18(25)12-19/h1-13H,14-15H2,(H,26,28). The molecule has 0 fully saturated rings. The van der Waals surface area contributed by atoms with Crippen molar-refractivity contribution in [3.05, 3.63) is 94.6 Å². The van der Waals surface area contributed by atoms with Crippen LogP contribution in [0.15, 0.2) is 83.9 Å². The van der Waals surface area contributed by atoms with Gasteiger partial charge in [0.1, 0.15) is 6.54 Å². The lowest BCUT2D eigenvalue weighted by Gasteiger charge is -2.07. The molecule has 0 saturated heterocycles. The predicted molar refractivity (Wildman–Crippen MR) is 124 cm³/mol. The molecule has 4 aromatic rings. The van der Waals surface area contributed by atoms with Crippen LogP contribution >= 0.6 is 23.2 Å². The van der Waals surface area contributed by atoms with Gasteiger partial charge in [0.15, 0.2) is 9.84 Å². The highest BCUT2D eigenvalue weighted by atomic mass is 35.5. The topological polar surface area (TPSA) is 68.2 Å². The molecule has 0 saturated carbocycles. The number of halogens is 2. The van der Waals surface area contributed by atoms with E-state index in [-0.39, 0.29) is 23.1 Å². The van der Waals surface area contributed by atoms with Crippen molar-refractivity contribution in [2.75, 3.05) is 5.32 Å². The van der Waals surface area contributed by atoms with E-state index in [1.807, 2.05) is 6.07 Å². The van der Waals surface area contributed by atoms with E-state index >= 15 is 0 Å². The highest BCUT2D eigenvalue weighted by molar-refractivity contribution is 7.90. The highest BCUT2D eigenvalue weighted by Crippen LogP contribution is 2.28. The summed E-state index contributed by atoms with van der Waals surface area (Å²) in [5, 5.41) is 4.42. The van der Waals surface area contributed by atoms with Crippen LogP contribution in [-0.2, 0) is 26.9 Å². The molecule has 0 bridgehead atoms. The van der Waals surface area contributed by atoms with Crippen LogP contribution < -0.4 is 5.32 Å². The lowest BCUT2D eigenvalue weighted by molar-refractivity contribution is -0.116. The second-order valence-electron chi connectivity index (χ2n) is 7.08. The number of benzene rings is 3. The second kappa shape index (κ2) is 8.75. The number of amides is 1. The van der Waals surface area contributed by atoms with Crippen molar-refractivity contribution in [3.8, 4) is 0 Å². The molecule has 1 amide bonds. The Morgan fingerprint density at radius 3 is 2.39 bits per heavy atom. The molecule has 0 atom stereocenters. The predicted octanol–water partition coefficient (Wildman–Crippen LogP) is 5.56. The van der Waals surface area contributed by atoms with E-state index < -0.39 is 9.84 Å². The molecule has 0 aliphatic heterocycles. The Hall–Kier alpha value is -2.80. The molecule has 4 rings (SSSR count). The van der Waals surface area contributed by atoms with Crippen LogP contribution in [0.5, 0.6) is 0 Å². The minimum atomic E-state index is -3.65. The van der Waals surface area contributed by atoms with Gasteiger partial charge in [0.25, 0.3) is 0 Å². The normalized spacial score (nSPS) is 11.5. The van der Waals surface area contributed by atoms with E-state index in [1.54, 1.807) is 71.3 Å². The Morgan fingerprint density at radius 1 is 0.903 bits per heavy atom. The zero-order valence-electron chi connectivity index (χ0n) is 16.3. The van der Waals surface area contributed by atoms with Gasteiger partial charge in [-0.1, -0.05) is 59.6 Å². The van der Waals surface area contributed by atoms with E-state index in [9.17, 15) is 13.2 Å². The number of hydrogen-bond donors (Lipinski definition) is 1. The molecule has 31 heavy (non-hydrogen) atoms. The third-order valence-corrected chi connectivity index (χ3v) is 6.98. The van der Waals surface area contributed by atoms with Crippen molar-refractivity contribution in [1.82, 2.24) is 4.57 Å². The first-order chi connectivity index (χ1) is 14.8. The summed E-state index contributed by atoms with van der Waals surface area (Å²) in [6.07, 6.45) is 1.52. The molecule has 1 N–H and O–H groups in total. The summed E-state index contributed by atoms with van der Waals surface area (Å²) in [5.41, 5.74) is 1.88. The summed E-state index contributed by atoms with van der Waals surface area (Å²) in [4.78, 5) is 12.8. The van der Waals surface area contributed by atoms with Crippen molar-refractivity contribution < 1.29 is 13.2 Å². The van der Waals surface area contributed by atoms with E-state index in [4.69, 9.17) is 23.2 Å². The zero-order chi connectivity index (χ0) is 22.0. The highest BCUT2D eigenvalue weighted by Gasteiger charge is 2.22. The Labute approximate surface area is 190 Å². The number of aromatic nitrogens is 1. The molecule has 0 spiro atoms. The van der Waals surface area contributed by atoms with Crippen LogP contribution in [0.4, 0.5) is 5.69 Å². The quantitative estimate of drug-likeness (QED) is 0.399. The average molecular weight is 473 g/mol.